The van der Waals surface area contributed by atoms with Gasteiger partial charge in [-0.1, -0.05) is 61.8 Å². The van der Waals surface area contributed by atoms with Crippen molar-refractivity contribution >= 4 is 51.7 Å². The Morgan fingerprint density at radius 3 is 2.75 bits per heavy atom. The highest BCUT2D eigenvalue weighted by molar-refractivity contribution is 6.31. The number of amides is 1. The zero-order valence-electron chi connectivity index (χ0n) is 21.0. The van der Waals surface area contributed by atoms with Crippen LogP contribution in [-0.4, -0.2) is 46.3 Å². The van der Waals surface area contributed by atoms with Gasteiger partial charge in [-0.05, 0) is 42.4 Å². The minimum Gasteiger partial charge on any atom is -0.465 e. The van der Waals surface area contributed by atoms with Gasteiger partial charge in [0.05, 0.1) is 29.3 Å². The number of ether oxygens (including phenoxy) is 1. The van der Waals surface area contributed by atoms with Crippen LogP contribution in [0.3, 0.4) is 0 Å². The number of esters is 1. The molecule has 1 fully saturated rings. The van der Waals surface area contributed by atoms with Crippen molar-refractivity contribution in [2.45, 2.75) is 44.3 Å². The van der Waals surface area contributed by atoms with Crippen LogP contribution in [0.15, 0.2) is 54.6 Å². The normalized spacial score (nSPS) is 24.5. The molecule has 7 rings (SSSR count). The van der Waals surface area contributed by atoms with Crippen LogP contribution in [-0.2, 0) is 21.5 Å². The summed E-state index contributed by atoms with van der Waals surface area (Å²) in [6, 6.07) is 15.1. The first kappa shape index (κ1) is 26.7. The Hall–Kier alpha value is -3.46. The van der Waals surface area contributed by atoms with Crippen LogP contribution in [0, 0.1) is 5.82 Å². The van der Waals surface area contributed by atoms with E-state index >= 15 is 4.39 Å². The first-order chi connectivity index (χ1) is 18.8. The Labute approximate surface area is 240 Å². The molecule has 0 radical (unpaired) electrons. The van der Waals surface area contributed by atoms with Crippen LogP contribution in [0.25, 0.3) is 10.9 Å². The minimum atomic E-state index is -1.21. The quantitative estimate of drug-likeness (QED) is 0.286. The molecule has 3 aromatic carbocycles. The van der Waals surface area contributed by atoms with Crippen LogP contribution in [0.5, 0.6) is 0 Å². The van der Waals surface area contributed by atoms with Crippen LogP contribution >= 0.6 is 23.2 Å². The fourth-order valence-corrected chi connectivity index (χ4v) is 7.57. The number of carbonyl (C=O) groups is 2. The van der Waals surface area contributed by atoms with Gasteiger partial charge >= 0.3 is 5.97 Å². The molecular weight excluding hydrogens is 554 g/mol. The van der Waals surface area contributed by atoms with E-state index in [9.17, 15) is 9.59 Å². The standard InChI is InChI=1S/C29H23Cl2FN4O3.CH4/c1-3-35-23-13-22-16-9-7-14(27(37)39-2)11-20(16)34-36(22)26(23)24(17-5-4-6-19(31)25(17)32)29(35)18-10-8-15(30)12-21(18)33-28(29)38;/h4-12,23-24,26H,3,13H2,1-2H3,(H,33,38);1H4/t23-,24-,26+,29+;/m0./s1. The maximum Gasteiger partial charge on any atom is 0.337 e. The number of hydrogen-bond donors (Lipinski definition) is 1. The average molecular weight is 581 g/mol. The number of fused-ring (bicyclic) bond motifs is 7. The number of benzene rings is 3. The maximum atomic E-state index is 15.9. The predicted octanol–water partition coefficient (Wildman–Crippen LogP) is 6.34. The highest BCUT2D eigenvalue weighted by Crippen LogP contribution is 2.63. The summed E-state index contributed by atoms with van der Waals surface area (Å²) in [6.07, 6.45) is 0.600. The molecule has 1 spiro atoms. The molecule has 4 aromatic rings. The van der Waals surface area contributed by atoms with E-state index in [0.717, 1.165) is 16.6 Å². The van der Waals surface area contributed by atoms with Crippen molar-refractivity contribution in [2.75, 3.05) is 19.0 Å². The third-order valence-corrected chi connectivity index (χ3v) is 9.12. The Bertz CT molecular complexity index is 1720. The number of likely N-dealkylation sites (tertiary alicyclic amines) is 1. The number of halogens is 3. The lowest BCUT2D eigenvalue weighted by atomic mass is 9.73. The Kier molecular flexibility index (Phi) is 6.22. The van der Waals surface area contributed by atoms with Gasteiger partial charge in [0.1, 0.15) is 11.4 Å². The van der Waals surface area contributed by atoms with Crippen LogP contribution in [0.2, 0.25) is 10.0 Å². The summed E-state index contributed by atoms with van der Waals surface area (Å²) in [5, 5.41) is 9.38. The summed E-state index contributed by atoms with van der Waals surface area (Å²) in [6.45, 7) is 2.56. The number of hydrogen-bond acceptors (Lipinski definition) is 5. The van der Waals surface area contributed by atoms with Gasteiger partial charge in [-0.15, -0.1) is 0 Å². The second-order valence-electron chi connectivity index (χ2n) is 10.2. The second kappa shape index (κ2) is 9.29. The Morgan fingerprint density at radius 1 is 1.20 bits per heavy atom. The number of nitrogens with zero attached hydrogens (tertiary/aromatic N) is 3. The molecule has 10 heteroatoms. The minimum absolute atomic E-state index is 0. The molecule has 1 saturated heterocycles. The van der Waals surface area contributed by atoms with Crippen molar-refractivity contribution in [1.82, 2.24) is 14.7 Å². The van der Waals surface area contributed by atoms with Gasteiger partial charge in [0.2, 0.25) is 5.91 Å². The number of anilines is 1. The summed E-state index contributed by atoms with van der Waals surface area (Å²) < 4.78 is 22.7. The molecule has 4 atom stereocenters. The van der Waals surface area contributed by atoms with Gasteiger partial charge in [-0.25, -0.2) is 9.18 Å². The van der Waals surface area contributed by atoms with E-state index < -0.39 is 23.2 Å². The van der Waals surface area contributed by atoms with E-state index in [-0.39, 0.29) is 30.4 Å². The molecular formula is C30H27Cl2FN4O3. The van der Waals surface area contributed by atoms with Crippen LogP contribution in [0.1, 0.15) is 53.5 Å². The highest BCUT2D eigenvalue weighted by Gasteiger charge is 2.69. The fourth-order valence-electron chi connectivity index (χ4n) is 7.22. The highest BCUT2D eigenvalue weighted by atomic mass is 35.5. The molecule has 1 aromatic heterocycles. The number of likely N-dealkylation sites (N-methyl/N-ethyl adjacent to an activating group) is 1. The molecule has 7 nitrogen and oxygen atoms in total. The number of rotatable bonds is 3. The van der Waals surface area contributed by atoms with Crippen molar-refractivity contribution in [3.05, 3.63) is 92.8 Å². The molecule has 1 N–H and O–H groups in total. The number of nitrogens with one attached hydrogen (secondary N) is 1. The van der Waals surface area contributed by atoms with Gasteiger partial charge in [-0.2, -0.15) is 5.10 Å². The monoisotopic (exact) mass is 580 g/mol. The molecule has 3 aliphatic heterocycles. The average Bonchev–Trinajstić information content (AvgIpc) is 3.61. The van der Waals surface area contributed by atoms with Crippen LogP contribution < -0.4 is 5.32 Å². The van der Waals surface area contributed by atoms with E-state index in [2.05, 4.69) is 10.2 Å². The number of aromatic nitrogens is 2. The third-order valence-electron chi connectivity index (χ3n) is 8.59. The lowest BCUT2D eigenvalue weighted by Crippen LogP contribution is -2.52. The Morgan fingerprint density at radius 2 is 2.00 bits per heavy atom. The zero-order chi connectivity index (χ0) is 27.2. The van der Waals surface area contributed by atoms with Crippen molar-refractivity contribution in [3.8, 4) is 0 Å². The fraction of sp³-hybridized carbons (Fsp3) is 0.300. The van der Waals surface area contributed by atoms with Crippen molar-refractivity contribution in [1.29, 1.82) is 0 Å². The lowest BCUT2D eigenvalue weighted by Gasteiger charge is -2.39. The van der Waals surface area contributed by atoms with E-state index in [1.165, 1.54) is 13.2 Å². The summed E-state index contributed by atoms with van der Waals surface area (Å²) in [4.78, 5) is 28.5. The molecule has 206 valence electrons. The maximum absolute atomic E-state index is 15.9. The van der Waals surface area contributed by atoms with Crippen molar-refractivity contribution in [3.63, 3.8) is 0 Å². The van der Waals surface area contributed by atoms with Crippen LogP contribution in [0.4, 0.5) is 10.1 Å². The van der Waals surface area contributed by atoms with Gasteiger partial charge in [0.15, 0.2) is 0 Å². The molecule has 40 heavy (non-hydrogen) atoms. The van der Waals surface area contributed by atoms with Gasteiger partial charge < -0.3 is 10.1 Å². The van der Waals surface area contributed by atoms with Gasteiger partial charge in [0, 0.05) is 45.7 Å². The van der Waals surface area contributed by atoms with E-state index in [1.807, 2.05) is 23.7 Å². The largest absolute Gasteiger partial charge is 0.465 e. The first-order valence-corrected chi connectivity index (χ1v) is 13.5. The van der Waals surface area contributed by atoms with E-state index in [1.54, 1.807) is 36.4 Å². The van der Waals surface area contributed by atoms with E-state index in [4.69, 9.17) is 33.0 Å². The number of methoxy groups -OCH3 is 1. The van der Waals surface area contributed by atoms with Crippen molar-refractivity contribution < 1.29 is 18.7 Å². The molecule has 0 unspecified atom stereocenters. The zero-order valence-corrected chi connectivity index (χ0v) is 22.6. The van der Waals surface area contributed by atoms with Gasteiger partial charge in [-0.3, -0.25) is 14.4 Å². The van der Waals surface area contributed by atoms with E-state index in [0.29, 0.717) is 40.3 Å². The van der Waals surface area contributed by atoms with Crippen molar-refractivity contribution in [2.24, 2.45) is 0 Å². The summed E-state index contributed by atoms with van der Waals surface area (Å²) in [5.41, 5.74) is 2.54. The molecule has 4 heterocycles. The topological polar surface area (TPSA) is 76.5 Å². The summed E-state index contributed by atoms with van der Waals surface area (Å²) >= 11 is 12.6. The summed E-state index contributed by atoms with van der Waals surface area (Å²) in [7, 11) is 1.34. The van der Waals surface area contributed by atoms with Gasteiger partial charge in [0.25, 0.3) is 0 Å². The third kappa shape index (κ3) is 3.30. The number of carbonyl (C=O) groups excluding carboxylic acids is 2. The molecule has 0 bridgehead atoms. The SMILES string of the molecule is C.CCN1[C@H]2Cc3c4ccc(C(=O)OC)cc4nn3[C@H]2[C@H](c2cccc(Cl)c2F)[C@]12C(=O)Nc1cc(Cl)ccc12. The molecule has 0 aliphatic carbocycles. The molecule has 3 aliphatic rings. The smallest absolute Gasteiger partial charge is 0.337 e. The first-order valence-electron chi connectivity index (χ1n) is 12.7. The molecule has 1 amide bonds. The second-order valence-corrected chi connectivity index (χ2v) is 11.0. The molecule has 0 saturated carbocycles. The summed E-state index contributed by atoms with van der Waals surface area (Å²) in [5.74, 6) is -1.88. The Balaban J connectivity index is 0.00000289. The predicted molar refractivity (Wildman–Crippen MR) is 153 cm³/mol. The lowest BCUT2D eigenvalue weighted by molar-refractivity contribution is -0.127.